The number of methoxy groups -OCH3 is 2. The zero-order valence-electron chi connectivity index (χ0n) is 15.9. The molecule has 0 aliphatic carbocycles. The highest BCUT2D eigenvalue weighted by Gasteiger charge is 2.37. The molecule has 1 aliphatic heterocycles. The van der Waals surface area contributed by atoms with Crippen LogP contribution in [0.5, 0.6) is 11.5 Å². The standard InChI is InChI=1S/C22H21BrN2O3/c1-13-4-6-14(7-5-13)21-20(17-10-11-19(23)28-17)22(25-24-21)15-8-9-16(26-2)18(12-15)27-3/h4-12,20-21,24H,1-3H3. The normalized spacial score (nSPS) is 18.5. The average molecular weight is 441 g/mol. The number of halogens is 1. The van der Waals surface area contributed by atoms with Gasteiger partial charge < -0.3 is 19.3 Å². The summed E-state index contributed by atoms with van der Waals surface area (Å²) in [6.07, 6.45) is 0. The number of nitrogens with zero attached hydrogens (tertiary/aromatic N) is 1. The summed E-state index contributed by atoms with van der Waals surface area (Å²) in [4.78, 5) is 0. The molecule has 0 bridgehead atoms. The van der Waals surface area contributed by atoms with Crippen LogP contribution in [-0.4, -0.2) is 19.9 Å². The minimum Gasteiger partial charge on any atom is -0.493 e. The second-order valence-corrected chi connectivity index (χ2v) is 7.49. The lowest BCUT2D eigenvalue weighted by Gasteiger charge is -2.20. The third-order valence-electron chi connectivity index (χ3n) is 4.97. The molecule has 1 aromatic heterocycles. The number of hydrogen-bond donors (Lipinski definition) is 1. The van der Waals surface area contributed by atoms with Crippen LogP contribution >= 0.6 is 15.9 Å². The first-order chi connectivity index (χ1) is 13.6. The molecular weight excluding hydrogens is 420 g/mol. The molecule has 0 amide bonds. The van der Waals surface area contributed by atoms with Crippen molar-refractivity contribution < 1.29 is 13.9 Å². The minimum absolute atomic E-state index is 0.0262. The van der Waals surface area contributed by atoms with Crippen LogP contribution in [0, 0.1) is 6.92 Å². The Balaban J connectivity index is 1.77. The molecule has 1 N–H and O–H groups in total. The van der Waals surface area contributed by atoms with Crippen LogP contribution in [0.25, 0.3) is 0 Å². The molecule has 2 unspecified atom stereocenters. The molecule has 0 saturated carbocycles. The summed E-state index contributed by atoms with van der Waals surface area (Å²) < 4.78 is 17.5. The van der Waals surface area contributed by atoms with Crippen molar-refractivity contribution in [2.24, 2.45) is 5.10 Å². The summed E-state index contributed by atoms with van der Waals surface area (Å²) in [5, 5.41) is 4.68. The summed E-state index contributed by atoms with van der Waals surface area (Å²) in [6, 6.07) is 18.2. The van der Waals surface area contributed by atoms with Crippen molar-refractivity contribution in [1.29, 1.82) is 0 Å². The van der Waals surface area contributed by atoms with Crippen LogP contribution < -0.4 is 14.9 Å². The Labute approximate surface area is 172 Å². The van der Waals surface area contributed by atoms with E-state index in [2.05, 4.69) is 57.6 Å². The van der Waals surface area contributed by atoms with Crippen molar-refractivity contribution in [2.45, 2.75) is 18.9 Å². The number of hydrogen-bond acceptors (Lipinski definition) is 5. The Morgan fingerprint density at radius 1 is 0.964 bits per heavy atom. The predicted octanol–water partition coefficient (Wildman–Crippen LogP) is 5.20. The summed E-state index contributed by atoms with van der Waals surface area (Å²) in [5.74, 6) is 2.12. The van der Waals surface area contributed by atoms with E-state index in [9.17, 15) is 0 Å². The summed E-state index contributed by atoms with van der Waals surface area (Å²) in [5.41, 5.74) is 7.54. The van der Waals surface area contributed by atoms with E-state index in [0.29, 0.717) is 16.2 Å². The number of nitrogens with one attached hydrogen (secondary N) is 1. The van der Waals surface area contributed by atoms with Crippen LogP contribution in [0.3, 0.4) is 0 Å². The van der Waals surface area contributed by atoms with E-state index in [1.165, 1.54) is 5.56 Å². The molecule has 5 nitrogen and oxygen atoms in total. The maximum absolute atomic E-state index is 5.94. The number of aryl methyl sites for hydroxylation is 1. The Bertz CT molecular complexity index is 1010. The van der Waals surface area contributed by atoms with Crippen molar-refractivity contribution in [2.75, 3.05) is 14.2 Å². The molecule has 4 rings (SSSR count). The van der Waals surface area contributed by atoms with Crippen LogP contribution in [0.15, 0.2) is 68.8 Å². The average Bonchev–Trinajstić information content (AvgIpc) is 3.34. The Morgan fingerprint density at radius 2 is 1.71 bits per heavy atom. The zero-order chi connectivity index (χ0) is 19.7. The van der Waals surface area contributed by atoms with Gasteiger partial charge in [-0.3, -0.25) is 0 Å². The lowest BCUT2D eigenvalue weighted by atomic mass is 9.85. The first-order valence-corrected chi connectivity index (χ1v) is 9.77. The largest absolute Gasteiger partial charge is 0.493 e. The number of furan rings is 1. The number of rotatable bonds is 5. The highest BCUT2D eigenvalue weighted by atomic mass is 79.9. The first kappa shape index (κ1) is 18.6. The Kier molecular flexibility index (Phi) is 5.13. The Morgan fingerprint density at radius 3 is 2.36 bits per heavy atom. The van der Waals surface area contributed by atoms with Crippen molar-refractivity contribution >= 4 is 21.6 Å². The topological polar surface area (TPSA) is 56.0 Å². The van der Waals surface area contributed by atoms with Crippen molar-refractivity contribution in [3.05, 3.63) is 81.7 Å². The summed E-state index contributed by atoms with van der Waals surface area (Å²) >= 11 is 3.42. The first-order valence-electron chi connectivity index (χ1n) is 8.98. The van der Waals surface area contributed by atoms with Gasteiger partial charge in [0, 0.05) is 5.56 Å². The second-order valence-electron chi connectivity index (χ2n) is 6.70. The van der Waals surface area contributed by atoms with E-state index >= 15 is 0 Å². The van der Waals surface area contributed by atoms with Gasteiger partial charge in [-0.2, -0.15) is 5.10 Å². The van der Waals surface area contributed by atoms with Gasteiger partial charge in [-0.1, -0.05) is 29.8 Å². The fraction of sp³-hybridized carbons (Fsp3) is 0.227. The van der Waals surface area contributed by atoms with Gasteiger partial charge in [0.2, 0.25) is 0 Å². The molecule has 1 aliphatic rings. The monoisotopic (exact) mass is 440 g/mol. The molecule has 6 heteroatoms. The third kappa shape index (κ3) is 3.40. The smallest absolute Gasteiger partial charge is 0.169 e. The van der Waals surface area contributed by atoms with Crippen LogP contribution in [0.2, 0.25) is 0 Å². The van der Waals surface area contributed by atoms with E-state index in [1.54, 1.807) is 14.2 Å². The van der Waals surface area contributed by atoms with Crippen molar-refractivity contribution in [3.8, 4) is 11.5 Å². The SMILES string of the molecule is COc1ccc(C2=NNC(c3ccc(C)cc3)C2c2ccc(Br)o2)cc1OC. The van der Waals surface area contributed by atoms with Gasteiger partial charge in [0.15, 0.2) is 16.2 Å². The van der Waals surface area contributed by atoms with Gasteiger partial charge in [-0.25, -0.2) is 0 Å². The van der Waals surface area contributed by atoms with Gasteiger partial charge >= 0.3 is 0 Å². The zero-order valence-corrected chi connectivity index (χ0v) is 17.5. The van der Waals surface area contributed by atoms with Gasteiger partial charge in [-0.05, 0) is 58.7 Å². The van der Waals surface area contributed by atoms with E-state index in [0.717, 1.165) is 22.6 Å². The van der Waals surface area contributed by atoms with E-state index in [4.69, 9.17) is 13.9 Å². The molecular formula is C22H21BrN2O3. The molecule has 0 fully saturated rings. The minimum atomic E-state index is -0.0768. The third-order valence-corrected chi connectivity index (χ3v) is 5.39. The number of benzene rings is 2. The molecule has 3 aromatic rings. The van der Waals surface area contributed by atoms with Gasteiger partial charge in [0.25, 0.3) is 0 Å². The lowest BCUT2D eigenvalue weighted by Crippen LogP contribution is -2.20. The molecule has 144 valence electrons. The van der Waals surface area contributed by atoms with Crippen LogP contribution in [-0.2, 0) is 0 Å². The molecule has 2 atom stereocenters. The maximum atomic E-state index is 5.94. The van der Waals surface area contributed by atoms with Gasteiger partial charge in [-0.15, -0.1) is 0 Å². The molecule has 2 heterocycles. The molecule has 0 radical (unpaired) electrons. The molecule has 0 saturated heterocycles. The number of ether oxygens (including phenoxy) is 2. The molecule has 28 heavy (non-hydrogen) atoms. The lowest BCUT2D eigenvalue weighted by molar-refractivity contribution is 0.355. The predicted molar refractivity (Wildman–Crippen MR) is 112 cm³/mol. The summed E-state index contributed by atoms with van der Waals surface area (Å²) in [7, 11) is 3.26. The van der Waals surface area contributed by atoms with Crippen LogP contribution in [0.4, 0.5) is 0 Å². The fourth-order valence-corrected chi connectivity index (χ4v) is 3.83. The summed E-state index contributed by atoms with van der Waals surface area (Å²) in [6.45, 7) is 2.08. The molecule has 0 spiro atoms. The van der Waals surface area contributed by atoms with E-state index in [1.807, 2.05) is 30.3 Å². The van der Waals surface area contributed by atoms with Crippen molar-refractivity contribution in [1.82, 2.24) is 5.43 Å². The molecule has 2 aromatic carbocycles. The second kappa shape index (κ2) is 7.72. The quantitative estimate of drug-likeness (QED) is 0.592. The van der Waals surface area contributed by atoms with Gasteiger partial charge in [0.05, 0.1) is 31.9 Å². The van der Waals surface area contributed by atoms with Gasteiger partial charge in [0.1, 0.15) is 5.76 Å². The number of hydrazone groups is 1. The van der Waals surface area contributed by atoms with E-state index < -0.39 is 0 Å². The highest BCUT2D eigenvalue weighted by molar-refractivity contribution is 9.10. The Hall–Kier alpha value is -2.73. The maximum Gasteiger partial charge on any atom is 0.169 e. The van der Waals surface area contributed by atoms with Crippen LogP contribution in [0.1, 0.15) is 34.4 Å². The van der Waals surface area contributed by atoms with Crippen molar-refractivity contribution in [3.63, 3.8) is 0 Å². The highest BCUT2D eigenvalue weighted by Crippen LogP contribution is 2.41. The van der Waals surface area contributed by atoms with E-state index in [-0.39, 0.29) is 12.0 Å². The fourth-order valence-electron chi connectivity index (χ4n) is 3.52.